The average Bonchev–Trinajstić information content (AvgIpc) is 3.00. The number of aliphatic hydroxyl groups is 1. The first-order valence-corrected chi connectivity index (χ1v) is 15.9. The van der Waals surface area contributed by atoms with Crippen LogP contribution in [-0.4, -0.2) is 41.8 Å². The molecule has 3 aromatic carbocycles. The minimum absolute atomic E-state index is 0.00654. The second-order valence-corrected chi connectivity index (χ2v) is 13.5. The van der Waals surface area contributed by atoms with E-state index in [9.17, 15) is 5.11 Å². The van der Waals surface area contributed by atoms with E-state index in [1.807, 2.05) is 0 Å². The fourth-order valence-electron chi connectivity index (χ4n) is 9.57. The van der Waals surface area contributed by atoms with Crippen LogP contribution in [0.4, 0.5) is 0 Å². The van der Waals surface area contributed by atoms with Crippen molar-refractivity contribution in [2.75, 3.05) is 19.7 Å². The van der Waals surface area contributed by atoms with E-state index in [2.05, 4.69) is 95.9 Å². The first-order chi connectivity index (χ1) is 19.7. The third-order valence-corrected chi connectivity index (χ3v) is 10.9. The number of likely N-dealkylation sites (tertiary alicyclic amines) is 1. The van der Waals surface area contributed by atoms with Crippen molar-refractivity contribution >= 4 is 0 Å². The van der Waals surface area contributed by atoms with E-state index < -0.39 is 5.60 Å². The van der Waals surface area contributed by atoms with Gasteiger partial charge >= 0.3 is 0 Å². The van der Waals surface area contributed by atoms with Crippen LogP contribution in [0.1, 0.15) is 74.5 Å². The maximum atomic E-state index is 12.5. The van der Waals surface area contributed by atoms with Gasteiger partial charge in [0, 0.05) is 0 Å². The highest BCUT2D eigenvalue weighted by atomic mass is 16.5. The highest BCUT2D eigenvalue weighted by Crippen LogP contribution is 2.62. The number of hydrogen-bond acceptors (Lipinski definition) is 3. The molecule has 3 aromatic rings. The highest BCUT2D eigenvalue weighted by Gasteiger charge is 2.56. The monoisotopic (exact) mass is 535 g/mol. The molecule has 0 radical (unpaired) electrons. The number of ether oxygens (including phenoxy) is 1. The fraction of sp³-hybridized carbons (Fsp3) is 0.514. The van der Waals surface area contributed by atoms with Gasteiger partial charge in [-0.2, -0.15) is 0 Å². The molecular formula is C37H45NO2. The molecule has 0 aromatic heterocycles. The Morgan fingerprint density at radius 1 is 0.675 bits per heavy atom. The van der Waals surface area contributed by atoms with E-state index in [0.29, 0.717) is 6.61 Å². The molecule has 1 aliphatic heterocycles. The normalized spacial score (nSPS) is 29.8. The summed E-state index contributed by atoms with van der Waals surface area (Å²) < 4.78 is 7.39. The first kappa shape index (κ1) is 26.4. The number of benzene rings is 3. The van der Waals surface area contributed by atoms with E-state index in [4.69, 9.17) is 4.74 Å². The van der Waals surface area contributed by atoms with Crippen LogP contribution in [0, 0.1) is 23.2 Å². The van der Waals surface area contributed by atoms with E-state index in [-0.39, 0.29) is 17.6 Å². The van der Waals surface area contributed by atoms with Crippen molar-refractivity contribution in [3.8, 4) is 0 Å². The Hall–Kier alpha value is -2.46. The zero-order chi connectivity index (χ0) is 27.0. The molecule has 5 aliphatic rings. The fourth-order valence-corrected chi connectivity index (χ4v) is 9.57. The zero-order valence-corrected chi connectivity index (χ0v) is 23.8. The molecule has 4 aliphatic carbocycles. The third-order valence-electron chi connectivity index (χ3n) is 10.9. The summed E-state index contributed by atoms with van der Waals surface area (Å²) in [5, 5.41) is 12.5. The van der Waals surface area contributed by atoms with Crippen molar-refractivity contribution in [1.82, 2.24) is 4.90 Å². The quantitative estimate of drug-likeness (QED) is 0.289. The maximum Gasteiger partial charge on any atom is 0.143 e. The summed E-state index contributed by atoms with van der Waals surface area (Å²) in [6.07, 6.45) is 11.2. The molecule has 4 bridgehead atoms. The van der Waals surface area contributed by atoms with Crippen molar-refractivity contribution in [1.29, 1.82) is 0 Å². The van der Waals surface area contributed by atoms with Gasteiger partial charge in [0.1, 0.15) is 5.60 Å². The minimum atomic E-state index is -0.751. The van der Waals surface area contributed by atoms with Crippen molar-refractivity contribution < 1.29 is 9.84 Å². The Balaban J connectivity index is 1.28. The van der Waals surface area contributed by atoms with Gasteiger partial charge in [-0.3, -0.25) is 4.90 Å². The molecule has 3 heteroatoms. The third kappa shape index (κ3) is 4.74. The molecule has 4 saturated carbocycles. The lowest BCUT2D eigenvalue weighted by atomic mass is 9.47. The van der Waals surface area contributed by atoms with Crippen LogP contribution >= 0.6 is 0 Å². The van der Waals surface area contributed by atoms with E-state index >= 15 is 0 Å². The van der Waals surface area contributed by atoms with Crippen molar-refractivity contribution in [3.05, 3.63) is 108 Å². The molecule has 1 saturated heterocycles. The summed E-state index contributed by atoms with van der Waals surface area (Å²) in [6.45, 7) is 2.64. The van der Waals surface area contributed by atoms with Gasteiger partial charge in [0.15, 0.2) is 0 Å². The number of hydrogen-bond donors (Lipinski definition) is 1. The highest BCUT2D eigenvalue weighted by molar-refractivity contribution is 5.47. The lowest BCUT2D eigenvalue weighted by molar-refractivity contribution is -0.160. The van der Waals surface area contributed by atoms with Crippen LogP contribution in [0.5, 0.6) is 0 Å². The molecule has 1 heterocycles. The summed E-state index contributed by atoms with van der Waals surface area (Å²) in [5.74, 6) is 2.46. The average molecular weight is 536 g/mol. The van der Waals surface area contributed by atoms with Gasteiger partial charge in [0.25, 0.3) is 0 Å². The van der Waals surface area contributed by atoms with E-state index in [1.54, 1.807) is 0 Å². The number of rotatable bonds is 9. The Kier molecular flexibility index (Phi) is 7.32. The summed E-state index contributed by atoms with van der Waals surface area (Å²) in [6, 6.07) is 32.1. The maximum absolute atomic E-state index is 12.5. The first-order valence-electron chi connectivity index (χ1n) is 15.9. The minimum Gasteiger partial charge on any atom is -0.391 e. The molecule has 1 N–H and O–H groups in total. The molecular weight excluding hydrogens is 490 g/mol. The Morgan fingerprint density at radius 3 is 1.52 bits per heavy atom. The van der Waals surface area contributed by atoms with Gasteiger partial charge in [-0.1, -0.05) is 97.4 Å². The predicted octanol–water partition coefficient (Wildman–Crippen LogP) is 7.43. The van der Waals surface area contributed by atoms with Gasteiger partial charge in [-0.15, -0.1) is 0 Å². The van der Waals surface area contributed by atoms with Crippen LogP contribution in [0.25, 0.3) is 0 Å². The van der Waals surface area contributed by atoms with Crippen molar-refractivity contribution in [3.63, 3.8) is 0 Å². The van der Waals surface area contributed by atoms with E-state index in [0.717, 1.165) is 47.5 Å². The van der Waals surface area contributed by atoms with Crippen LogP contribution in [0.2, 0.25) is 0 Å². The molecule has 3 nitrogen and oxygen atoms in total. The Labute approximate surface area is 240 Å². The van der Waals surface area contributed by atoms with Crippen LogP contribution in [0.15, 0.2) is 91.0 Å². The van der Waals surface area contributed by atoms with Gasteiger partial charge in [0.2, 0.25) is 0 Å². The lowest BCUT2D eigenvalue weighted by Crippen LogP contribution is -2.60. The molecule has 0 unspecified atom stereocenters. The molecule has 2 atom stereocenters. The van der Waals surface area contributed by atoms with Crippen molar-refractivity contribution in [2.45, 2.75) is 75.5 Å². The number of aliphatic hydroxyl groups excluding tert-OH is 1. The van der Waals surface area contributed by atoms with Crippen molar-refractivity contribution in [2.24, 2.45) is 23.2 Å². The number of nitrogens with zero attached hydrogens (tertiary/aromatic N) is 1. The second-order valence-electron chi connectivity index (χ2n) is 13.5. The van der Waals surface area contributed by atoms with Gasteiger partial charge in [0.05, 0.1) is 18.8 Å². The summed E-state index contributed by atoms with van der Waals surface area (Å²) in [4.78, 5) is 2.60. The molecule has 0 spiro atoms. The lowest BCUT2D eigenvalue weighted by Gasteiger charge is -2.60. The largest absolute Gasteiger partial charge is 0.391 e. The van der Waals surface area contributed by atoms with Gasteiger partial charge < -0.3 is 9.84 Å². The van der Waals surface area contributed by atoms with Crippen LogP contribution in [0.3, 0.4) is 0 Å². The molecule has 40 heavy (non-hydrogen) atoms. The molecule has 210 valence electrons. The molecule has 0 amide bonds. The van der Waals surface area contributed by atoms with Gasteiger partial charge in [-0.05, 0) is 104 Å². The Morgan fingerprint density at radius 2 is 1.10 bits per heavy atom. The second kappa shape index (κ2) is 11.1. The predicted molar refractivity (Wildman–Crippen MR) is 161 cm³/mol. The van der Waals surface area contributed by atoms with Gasteiger partial charge in [-0.25, -0.2) is 0 Å². The Bertz CT molecular complexity index is 1100. The summed E-state index contributed by atoms with van der Waals surface area (Å²) in [7, 11) is 0. The number of piperidine rings is 1. The summed E-state index contributed by atoms with van der Waals surface area (Å²) in [5.41, 5.74) is 2.71. The van der Waals surface area contributed by atoms with E-state index in [1.165, 1.54) is 57.8 Å². The van der Waals surface area contributed by atoms with Crippen LogP contribution < -0.4 is 0 Å². The SMILES string of the molecule is O[C@H]([C@@H](COC(c1ccccc1)(c1ccccc1)c1ccccc1)N1CCCCC1)C12CC3CC(CC(C3)C1)C2. The topological polar surface area (TPSA) is 32.7 Å². The standard InChI is InChI=1S/C37H45NO2/c39-35(36-24-28-21-29(25-36)23-30(22-28)26-36)34(38-19-11-4-12-20-38)27-40-37(31-13-5-1-6-14-31,32-15-7-2-8-16-32)33-17-9-3-10-18-33/h1-3,5-10,13-18,28-30,34-35,39H,4,11-12,19-27H2/t28?,29?,30?,34-,35-,36?/m1/s1. The molecule has 8 rings (SSSR count). The zero-order valence-electron chi connectivity index (χ0n) is 23.8. The summed E-state index contributed by atoms with van der Waals surface area (Å²) >= 11 is 0. The molecule has 5 fully saturated rings. The van der Waals surface area contributed by atoms with Crippen LogP contribution in [-0.2, 0) is 10.3 Å². The smallest absolute Gasteiger partial charge is 0.143 e.